The van der Waals surface area contributed by atoms with E-state index >= 15 is 0 Å². The maximum absolute atomic E-state index is 8.78. The summed E-state index contributed by atoms with van der Waals surface area (Å²) >= 11 is 0. The lowest BCUT2D eigenvalue weighted by Crippen LogP contribution is -2.41. The maximum Gasteiger partial charge on any atom is 0.494 e. The van der Waals surface area contributed by atoms with Crippen molar-refractivity contribution in [1.82, 2.24) is 0 Å². The number of aromatic nitrogens is 1. The van der Waals surface area contributed by atoms with Gasteiger partial charge in [0.05, 0.1) is 0 Å². The first-order valence-corrected chi connectivity index (χ1v) is 3.43. The van der Waals surface area contributed by atoms with Crippen LogP contribution in [-0.2, 0) is 7.05 Å². The predicted octanol–water partition coefficient (Wildman–Crippen LogP) is -1.50. The topological polar surface area (TPSA) is 44.3 Å². The Balaban J connectivity index is 3.05. The fourth-order valence-corrected chi connectivity index (χ4v) is 0.856. The average molecular weight is 152 g/mol. The molecule has 0 unspecified atom stereocenters. The summed E-state index contributed by atoms with van der Waals surface area (Å²) in [7, 11) is 0.489. The van der Waals surface area contributed by atoms with Crippen molar-refractivity contribution in [3.05, 3.63) is 24.0 Å². The Bertz CT molecular complexity index is 263. The van der Waals surface area contributed by atoms with Gasteiger partial charge in [-0.05, 0) is 0 Å². The molecule has 0 aliphatic heterocycles. The molecule has 1 rings (SSSR count). The fraction of sp³-hybridized carbons (Fsp3) is 0.286. The molecule has 0 spiro atoms. The molecule has 1 heterocycles. The molecule has 0 fully saturated rings. The molecule has 0 amide bonds. The smallest absolute Gasteiger partial charge is 0.423 e. The SMILES string of the molecule is Cc1ccc(B(O)O)c[n+]1C. The highest BCUT2D eigenvalue weighted by molar-refractivity contribution is 6.58. The molecule has 0 bridgehead atoms. The summed E-state index contributed by atoms with van der Waals surface area (Å²) in [6, 6.07) is 3.54. The minimum absolute atomic E-state index is 0.512. The standard InChI is InChI=1S/C7H11BNO2/c1-6-3-4-7(8(10)11)5-9(6)2/h3-5,10-11H,1-2H3/q+1. The lowest BCUT2D eigenvalue weighted by atomic mass is 9.81. The Kier molecular flexibility index (Phi) is 2.26. The van der Waals surface area contributed by atoms with E-state index in [0.29, 0.717) is 5.46 Å². The van der Waals surface area contributed by atoms with E-state index < -0.39 is 7.12 Å². The highest BCUT2D eigenvalue weighted by Gasteiger charge is 2.14. The van der Waals surface area contributed by atoms with Crippen molar-refractivity contribution >= 4 is 12.6 Å². The first kappa shape index (κ1) is 8.23. The zero-order valence-corrected chi connectivity index (χ0v) is 6.65. The van der Waals surface area contributed by atoms with Crippen LogP contribution in [0.1, 0.15) is 5.69 Å². The molecular weight excluding hydrogens is 141 g/mol. The van der Waals surface area contributed by atoms with E-state index in [4.69, 9.17) is 10.0 Å². The van der Waals surface area contributed by atoms with Crippen molar-refractivity contribution in [3.63, 3.8) is 0 Å². The van der Waals surface area contributed by atoms with Gasteiger partial charge in [-0.3, -0.25) is 0 Å². The van der Waals surface area contributed by atoms with Gasteiger partial charge in [0.2, 0.25) is 0 Å². The van der Waals surface area contributed by atoms with Crippen LogP contribution < -0.4 is 10.0 Å². The largest absolute Gasteiger partial charge is 0.494 e. The first-order valence-electron chi connectivity index (χ1n) is 3.43. The lowest BCUT2D eigenvalue weighted by Gasteiger charge is -1.97. The van der Waals surface area contributed by atoms with E-state index in [2.05, 4.69) is 0 Å². The Labute approximate surface area is 66.1 Å². The molecule has 0 aliphatic rings. The Morgan fingerprint density at radius 2 is 2.00 bits per heavy atom. The molecule has 1 aromatic rings. The number of rotatable bonds is 1. The molecule has 4 heteroatoms. The van der Waals surface area contributed by atoms with E-state index in [1.807, 2.05) is 24.6 Å². The summed E-state index contributed by atoms with van der Waals surface area (Å²) in [4.78, 5) is 0. The monoisotopic (exact) mass is 152 g/mol. The summed E-state index contributed by atoms with van der Waals surface area (Å²) in [5, 5.41) is 17.6. The second-order valence-corrected chi connectivity index (χ2v) is 2.59. The highest BCUT2D eigenvalue weighted by Crippen LogP contribution is 1.84. The molecule has 0 aromatic carbocycles. The molecule has 11 heavy (non-hydrogen) atoms. The summed E-state index contributed by atoms with van der Waals surface area (Å²) in [6.07, 6.45) is 1.69. The van der Waals surface area contributed by atoms with Crippen LogP contribution in [0.4, 0.5) is 0 Å². The van der Waals surface area contributed by atoms with Crippen LogP contribution in [0.2, 0.25) is 0 Å². The molecule has 0 aliphatic carbocycles. The van der Waals surface area contributed by atoms with Crippen LogP contribution in [0.15, 0.2) is 18.3 Å². The Morgan fingerprint density at radius 1 is 1.36 bits per heavy atom. The van der Waals surface area contributed by atoms with Crippen LogP contribution in [-0.4, -0.2) is 17.2 Å². The second-order valence-electron chi connectivity index (χ2n) is 2.59. The molecule has 0 atom stereocenters. The third-order valence-corrected chi connectivity index (χ3v) is 1.71. The number of hydrogen-bond donors (Lipinski definition) is 2. The molecule has 1 aromatic heterocycles. The summed E-state index contributed by atoms with van der Waals surface area (Å²) in [6.45, 7) is 1.95. The van der Waals surface area contributed by atoms with Crippen molar-refractivity contribution in [2.75, 3.05) is 0 Å². The third-order valence-electron chi connectivity index (χ3n) is 1.71. The summed E-state index contributed by atoms with van der Waals surface area (Å²) in [5.74, 6) is 0. The van der Waals surface area contributed by atoms with Gasteiger partial charge < -0.3 is 10.0 Å². The molecule has 0 saturated heterocycles. The number of aryl methyl sites for hydroxylation is 2. The fourth-order valence-electron chi connectivity index (χ4n) is 0.856. The molecule has 2 N–H and O–H groups in total. The van der Waals surface area contributed by atoms with Crippen molar-refractivity contribution in [2.24, 2.45) is 7.05 Å². The molecule has 3 nitrogen and oxygen atoms in total. The lowest BCUT2D eigenvalue weighted by molar-refractivity contribution is -0.676. The van der Waals surface area contributed by atoms with Crippen LogP contribution in [0, 0.1) is 6.92 Å². The highest BCUT2D eigenvalue weighted by atomic mass is 16.4. The average Bonchev–Trinajstić information content (AvgIpc) is 1.94. The van der Waals surface area contributed by atoms with Gasteiger partial charge >= 0.3 is 7.12 Å². The molecule has 58 valence electrons. The van der Waals surface area contributed by atoms with Gasteiger partial charge in [-0.15, -0.1) is 0 Å². The van der Waals surface area contributed by atoms with Crippen LogP contribution >= 0.6 is 0 Å². The van der Waals surface area contributed by atoms with Gasteiger partial charge in [0, 0.05) is 18.5 Å². The van der Waals surface area contributed by atoms with Gasteiger partial charge in [0.15, 0.2) is 11.9 Å². The Morgan fingerprint density at radius 3 is 2.45 bits per heavy atom. The molecular formula is C7H11BNO2+. The van der Waals surface area contributed by atoms with Gasteiger partial charge in [-0.25, -0.2) is 4.57 Å². The molecule has 0 saturated carbocycles. The number of nitrogens with zero attached hydrogens (tertiary/aromatic N) is 1. The van der Waals surface area contributed by atoms with Crippen molar-refractivity contribution in [3.8, 4) is 0 Å². The predicted molar refractivity (Wildman–Crippen MR) is 42.2 cm³/mol. The minimum Gasteiger partial charge on any atom is -0.423 e. The second kappa shape index (κ2) is 3.03. The van der Waals surface area contributed by atoms with Crippen LogP contribution in [0.25, 0.3) is 0 Å². The van der Waals surface area contributed by atoms with Gasteiger partial charge in [-0.2, -0.15) is 0 Å². The normalized spacial score (nSPS) is 9.82. The van der Waals surface area contributed by atoms with Crippen molar-refractivity contribution in [1.29, 1.82) is 0 Å². The van der Waals surface area contributed by atoms with Crippen LogP contribution in [0.3, 0.4) is 0 Å². The Hall–Kier alpha value is -0.865. The minimum atomic E-state index is -1.37. The van der Waals surface area contributed by atoms with E-state index in [9.17, 15) is 0 Å². The quantitative estimate of drug-likeness (QED) is 0.380. The van der Waals surface area contributed by atoms with Gasteiger partial charge in [0.25, 0.3) is 0 Å². The third kappa shape index (κ3) is 1.79. The zero-order chi connectivity index (χ0) is 8.43. The van der Waals surface area contributed by atoms with Crippen molar-refractivity contribution in [2.45, 2.75) is 6.92 Å². The van der Waals surface area contributed by atoms with Crippen LogP contribution in [0.5, 0.6) is 0 Å². The first-order chi connectivity index (χ1) is 5.11. The summed E-state index contributed by atoms with van der Waals surface area (Å²) in [5.41, 5.74) is 1.59. The van der Waals surface area contributed by atoms with E-state index in [1.54, 1.807) is 12.3 Å². The van der Waals surface area contributed by atoms with Crippen molar-refractivity contribution < 1.29 is 14.6 Å². The maximum atomic E-state index is 8.78. The number of hydrogen-bond acceptors (Lipinski definition) is 2. The zero-order valence-electron chi connectivity index (χ0n) is 6.65. The molecule has 0 radical (unpaired) electrons. The van der Waals surface area contributed by atoms with E-state index in [-0.39, 0.29) is 0 Å². The van der Waals surface area contributed by atoms with Gasteiger partial charge in [-0.1, -0.05) is 6.07 Å². The van der Waals surface area contributed by atoms with E-state index in [1.165, 1.54) is 0 Å². The number of pyridine rings is 1. The summed E-state index contributed by atoms with van der Waals surface area (Å²) < 4.78 is 1.84. The van der Waals surface area contributed by atoms with E-state index in [0.717, 1.165) is 5.69 Å². The van der Waals surface area contributed by atoms with Gasteiger partial charge in [0.1, 0.15) is 7.05 Å².